The number of nitro benzene ring substituents is 1. The highest BCUT2D eigenvalue weighted by Crippen LogP contribution is 2.27. The molecule has 0 saturated heterocycles. The second-order valence-corrected chi connectivity index (χ2v) is 4.85. The van der Waals surface area contributed by atoms with Gasteiger partial charge in [0, 0.05) is 36.8 Å². The van der Waals surface area contributed by atoms with E-state index in [9.17, 15) is 10.1 Å². The molecule has 0 fully saturated rings. The van der Waals surface area contributed by atoms with E-state index in [0.29, 0.717) is 18.0 Å². The fraction of sp³-hybridized carbons (Fsp3) is 0.267. The van der Waals surface area contributed by atoms with Gasteiger partial charge in [-0.25, -0.2) is 0 Å². The maximum absolute atomic E-state index is 11.0. The number of benzene rings is 1. The second-order valence-electron chi connectivity index (χ2n) is 4.85. The van der Waals surface area contributed by atoms with Gasteiger partial charge >= 0.3 is 0 Å². The average molecular weight is 287 g/mol. The number of hydrogen-bond donors (Lipinski definition) is 1. The lowest BCUT2D eigenvalue weighted by Crippen LogP contribution is -2.07. The Balaban J connectivity index is 2.17. The summed E-state index contributed by atoms with van der Waals surface area (Å²) in [6.45, 7) is 4.29. The van der Waals surface area contributed by atoms with Gasteiger partial charge in [0.25, 0.3) is 5.69 Å². The van der Waals surface area contributed by atoms with E-state index in [0.717, 1.165) is 5.56 Å². The van der Waals surface area contributed by atoms with Gasteiger partial charge in [-0.1, -0.05) is 6.07 Å². The summed E-state index contributed by atoms with van der Waals surface area (Å²) in [7, 11) is 0. The highest BCUT2D eigenvalue weighted by molar-refractivity contribution is 5.56. The molecule has 6 heteroatoms. The van der Waals surface area contributed by atoms with Gasteiger partial charge in [-0.3, -0.25) is 15.1 Å². The highest BCUT2D eigenvalue weighted by atomic mass is 16.6. The van der Waals surface area contributed by atoms with E-state index < -0.39 is 4.92 Å². The van der Waals surface area contributed by atoms with E-state index in [1.54, 1.807) is 18.5 Å². The van der Waals surface area contributed by atoms with E-state index in [1.807, 2.05) is 26.0 Å². The Hall–Kier alpha value is -2.63. The van der Waals surface area contributed by atoms with Gasteiger partial charge in [0.2, 0.25) is 0 Å². The molecule has 6 nitrogen and oxygen atoms in total. The second kappa shape index (κ2) is 6.69. The van der Waals surface area contributed by atoms with Gasteiger partial charge in [-0.2, -0.15) is 0 Å². The lowest BCUT2D eigenvalue weighted by Gasteiger charge is -2.12. The van der Waals surface area contributed by atoms with Crippen molar-refractivity contribution in [2.75, 3.05) is 5.32 Å². The number of non-ortho nitro benzene ring substituents is 1. The molecule has 0 amide bonds. The zero-order valence-corrected chi connectivity index (χ0v) is 11.9. The van der Waals surface area contributed by atoms with Crippen LogP contribution in [-0.4, -0.2) is 16.0 Å². The lowest BCUT2D eigenvalue weighted by atomic mass is 10.2. The van der Waals surface area contributed by atoms with E-state index in [2.05, 4.69) is 10.3 Å². The van der Waals surface area contributed by atoms with Crippen LogP contribution in [0.15, 0.2) is 42.7 Å². The number of hydrogen-bond acceptors (Lipinski definition) is 5. The number of nitrogens with one attached hydrogen (secondary N) is 1. The van der Waals surface area contributed by atoms with Crippen LogP contribution in [0.4, 0.5) is 11.4 Å². The molecule has 0 aliphatic heterocycles. The summed E-state index contributed by atoms with van der Waals surface area (Å²) in [5, 5.41) is 14.1. The molecule has 0 spiro atoms. The Morgan fingerprint density at radius 2 is 2.19 bits per heavy atom. The highest BCUT2D eigenvalue weighted by Gasteiger charge is 2.11. The normalized spacial score (nSPS) is 10.4. The van der Waals surface area contributed by atoms with Crippen molar-refractivity contribution in [1.82, 2.24) is 4.98 Å². The molecule has 0 bridgehead atoms. The summed E-state index contributed by atoms with van der Waals surface area (Å²) < 4.78 is 5.54. The quantitative estimate of drug-likeness (QED) is 0.651. The molecule has 1 aromatic heterocycles. The van der Waals surface area contributed by atoms with Crippen LogP contribution in [0.1, 0.15) is 19.4 Å². The van der Waals surface area contributed by atoms with Crippen LogP contribution in [0.3, 0.4) is 0 Å². The summed E-state index contributed by atoms with van der Waals surface area (Å²) >= 11 is 0. The minimum atomic E-state index is -0.428. The van der Waals surface area contributed by atoms with Crippen molar-refractivity contribution in [1.29, 1.82) is 0 Å². The lowest BCUT2D eigenvalue weighted by molar-refractivity contribution is -0.384. The first kappa shape index (κ1) is 14.8. The number of nitro groups is 1. The number of rotatable bonds is 6. The summed E-state index contributed by atoms with van der Waals surface area (Å²) in [6.07, 6.45) is 3.40. The molecule has 0 saturated carbocycles. The number of nitrogens with zero attached hydrogens (tertiary/aromatic N) is 2. The zero-order valence-electron chi connectivity index (χ0n) is 11.9. The average Bonchev–Trinajstić information content (AvgIpc) is 2.45. The largest absolute Gasteiger partial charge is 0.491 e. The van der Waals surface area contributed by atoms with Gasteiger partial charge in [0.15, 0.2) is 0 Å². The summed E-state index contributed by atoms with van der Waals surface area (Å²) in [5.41, 5.74) is 1.64. The van der Waals surface area contributed by atoms with Crippen molar-refractivity contribution in [2.45, 2.75) is 26.5 Å². The smallest absolute Gasteiger partial charge is 0.275 e. The van der Waals surface area contributed by atoms with Crippen molar-refractivity contribution in [3.63, 3.8) is 0 Å². The van der Waals surface area contributed by atoms with Crippen LogP contribution in [0.25, 0.3) is 0 Å². The molecule has 0 unspecified atom stereocenters. The van der Waals surface area contributed by atoms with Crippen LogP contribution in [-0.2, 0) is 6.54 Å². The van der Waals surface area contributed by atoms with Crippen LogP contribution in [0.2, 0.25) is 0 Å². The minimum Gasteiger partial charge on any atom is -0.491 e. The number of anilines is 1. The molecule has 2 rings (SSSR count). The fourth-order valence-corrected chi connectivity index (χ4v) is 1.84. The zero-order chi connectivity index (χ0) is 15.2. The first-order chi connectivity index (χ1) is 10.0. The van der Waals surface area contributed by atoms with Crippen LogP contribution >= 0.6 is 0 Å². The van der Waals surface area contributed by atoms with Crippen molar-refractivity contribution in [3.05, 3.63) is 58.4 Å². The van der Waals surface area contributed by atoms with E-state index in [4.69, 9.17) is 4.74 Å². The van der Waals surface area contributed by atoms with E-state index >= 15 is 0 Å². The number of aromatic nitrogens is 1. The molecule has 0 aliphatic carbocycles. The Morgan fingerprint density at radius 1 is 1.38 bits per heavy atom. The third-order valence-corrected chi connectivity index (χ3v) is 2.69. The Bertz CT molecular complexity index is 615. The van der Waals surface area contributed by atoms with Crippen molar-refractivity contribution < 1.29 is 9.66 Å². The van der Waals surface area contributed by atoms with Gasteiger partial charge in [-0.15, -0.1) is 0 Å². The van der Waals surface area contributed by atoms with Crippen LogP contribution < -0.4 is 10.1 Å². The third-order valence-electron chi connectivity index (χ3n) is 2.69. The topological polar surface area (TPSA) is 77.3 Å². The molecule has 0 aliphatic rings. The molecule has 21 heavy (non-hydrogen) atoms. The van der Waals surface area contributed by atoms with E-state index in [1.165, 1.54) is 12.1 Å². The van der Waals surface area contributed by atoms with Gasteiger partial charge in [-0.05, 0) is 25.5 Å². The predicted molar refractivity (Wildman–Crippen MR) is 80.4 cm³/mol. The van der Waals surface area contributed by atoms with Gasteiger partial charge < -0.3 is 10.1 Å². The number of pyridine rings is 1. The molecule has 0 atom stereocenters. The molecular formula is C15H17N3O3. The van der Waals surface area contributed by atoms with Gasteiger partial charge in [0.1, 0.15) is 5.75 Å². The molecular weight excluding hydrogens is 270 g/mol. The Labute approximate surface area is 122 Å². The standard InChI is InChI=1S/C15H17N3O3/c1-11(2)21-15-7-13(6-14(8-15)18(19)20)17-10-12-4-3-5-16-9-12/h3-9,11,17H,10H2,1-2H3. The summed E-state index contributed by atoms with van der Waals surface area (Å²) in [5.74, 6) is 0.480. The molecule has 110 valence electrons. The molecule has 1 aromatic carbocycles. The van der Waals surface area contributed by atoms with Crippen molar-refractivity contribution >= 4 is 11.4 Å². The van der Waals surface area contributed by atoms with Gasteiger partial charge in [0.05, 0.1) is 17.1 Å². The molecule has 0 radical (unpaired) electrons. The monoisotopic (exact) mass is 287 g/mol. The van der Waals surface area contributed by atoms with Crippen molar-refractivity contribution in [2.24, 2.45) is 0 Å². The summed E-state index contributed by atoms with van der Waals surface area (Å²) in [4.78, 5) is 14.6. The third kappa shape index (κ3) is 4.45. The van der Waals surface area contributed by atoms with E-state index in [-0.39, 0.29) is 11.8 Å². The molecule has 1 heterocycles. The first-order valence-electron chi connectivity index (χ1n) is 6.63. The maximum atomic E-state index is 11.0. The minimum absolute atomic E-state index is 0.00170. The van der Waals surface area contributed by atoms with Crippen LogP contribution in [0.5, 0.6) is 5.75 Å². The Kier molecular flexibility index (Phi) is 4.71. The fourth-order valence-electron chi connectivity index (χ4n) is 1.84. The first-order valence-corrected chi connectivity index (χ1v) is 6.63. The molecule has 2 aromatic rings. The van der Waals surface area contributed by atoms with Crippen LogP contribution in [0, 0.1) is 10.1 Å². The summed E-state index contributed by atoms with van der Waals surface area (Å²) in [6, 6.07) is 8.45. The van der Waals surface area contributed by atoms with Crippen molar-refractivity contribution in [3.8, 4) is 5.75 Å². The maximum Gasteiger partial charge on any atom is 0.275 e. The predicted octanol–water partition coefficient (Wildman–Crippen LogP) is 3.39. The SMILES string of the molecule is CC(C)Oc1cc(NCc2cccnc2)cc([N+](=O)[O-])c1. The molecule has 1 N–H and O–H groups in total. The number of ether oxygens (including phenoxy) is 1. The Morgan fingerprint density at radius 3 is 2.81 bits per heavy atom.